The van der Waals surface area contributed by atoms with Gasteiger partial charge in [0, 0.05) is 38.6 Å². The normalized spacial score (nSPS) is 11.7. The van der Waals surface area contributed by atoms with Crippen molar-refractivity contribution in [1.29, 1.82) is 0 Å². The Morgan fingerprint density at radius 3 is 1.24 bits per heavy atom. The maximum Gasteiger partial charge on any atom is 0.159 e. The molecular formula is C72H46N2O. The lowest BCUT2D eigenvalue weighted by Gasteiger charge is -2.26. The largest absolute Gasteiger partial charge is 0.454 e. The molecule has 0 fully saturated rings. The Morgan fingerprint density at radius 2 is 0.667 bits per heavy atom. The molecule has 0 spiro atoms. The zero-order valence-electron chi connectivity index (χ0n) is 40.9. The van der Waals surface area contributed by atoms with Crippen LogP contribution in [0, 0.1) is 0 Å². The number of rotatable bonds is 8. The predicted octanol–water partition coefficient (Wildman–Crippen LogP) is 20.3. The van der Waals surface area contributed by atoms with Crippen LogP contribution in [0.3, 0.4) is 0 Å². The molecule has 3 nitrogen and oxygen atoms in total. The first kappa shape index (κ1) is 42.7. The Bertz CT molecular complexity index is 4630. The zero-order valence-corrected chi connectivity index (χ0v) is 40.9. The third-order valence-electron chi connectivity index (χ3n) is 15.4. The van der Waals surface area contributed by atoms with Crippen LogP contribution >= 0.6 is 0 Å². The first-order chi connectivity index (χ1) is 37.2. The van der Waals surface area contributed by atoms with Crippen LogP contribution in [0.5, 0.6) is 0 Å². The summed E-state index contributed by atoms with van der Waals surface area (Å²) in [5.41, 5.74) is 17.8. The van der Waals surface area contributed by atoms with Gasteiger partial charge in [0.15, 0.2) is 5.58 Å². The van der Waals surface area contributed by atoms with E-state index in [-0.39, 0.29) is 0 Å². The molecule has 13 aromatic carbocycles. The second-order valence-corrected chi connectivity index (χ2v) is 19.6. The minimum atomic E-state index is 0.856. The molecule has 2 aromatic heterocycles. The van der Waals surface area contributed by atoms with Gasteiger partial charge in [0.2, 0.25) is 0 Å². The Labute approximate surface area is 434 Å². The molecule has 75 heavy (non-hydrogen) atoms. The van der Waals surface area contributed by atoms with Gasteiger partial charge in [0.05, 0.1) is 16.7 Å². The topological polar surface area (TPSA) is 21.3 Å². The van der Waals surface area contributed by atoms with Crippen molar-refractivity contribution in [1.82, 2.24) is 4.57 Å². The van der Waals surface area contributed by atoms with Crippen LogP contribution in [0.2, 0.25) is 0 Å². The average molecular weight is 955 g/mol. The van der Waals surface area contributed by atoms with Crippen LogP contribution in [0.4, 0.5) is 17.1 Å². The van der Waals surface area contributed by atoms with Crippen LogP contribution in [-0.2, 0) is 0 Å². The van der Waals surface area contributed by atoms with Gasteiger partial charge in [-0.05, 0) is 150 Å². The fourth-order valence-corrected chi connectivity index (χ4v) is 11.8. The lowest BCUT2D eigenvalue weighted by Crippen LogP contribution is -2.10. The summed E-state index contributed by atoms with van der Waals surface area (Å²) in [6.45, 7) is 0. The van der Waals surface area contributed by atoms with E-state index >= 15 is 0 Å². The molecule has 0 radical (unpaired) electrons. The summed E-state index contributed by atoms with van der Waals surface area (Å²) in [5.74, 6) is 0. The van der Waals surface area contributed by atoms with Crippen molar-refractivity contribution in [2.24, 2.45) is 0 Å². The number of para-hydroxylation sites is 2. The van der Waals surface area contributed by atoms with Gasteiger partial charge in [-0.3, -0.25) is 0 Å². The number of anilines is 3. The first-order valence-corrected chi connectivity index (χ1v) is 25.7. The highest BCUT2D eigenvalue weighted by molar-refractivity contribution is 6.26. The van der Waals surface area contributed by atoms with Crippen LogP contribution in [0.25, 0.3) is 126 Å². The molecule has 15 rings (SSSR count). The van der Waals surface area contributed by atoms with E-state index in [1.165, 1.54) is 82.0 Å². The summed E-state index contributed by atoms with van der Waals surface area (Å²) < 4.78 is 9.19. The van der Waals surface area contributed by atoms with Crippen LogP contribution in [-0.4, -0.2) is 4.57 Å². The maximum absolute atomic E-state index is 6.77. The molecule has 0 atom stereocenters. The van der Waals surface area contributed by atoms with E-state index < -0.39 is 0 Å². The van der Waals surface area contributed by atoms with Crippen molar-refractivity contribution in [3.63, 3.8) is 0 Å². The lowest BCUT2D eigenvalue weighted by molar-refractivity contribution is 0.669. The van der Waals surface area contributed by atoms with E-state index in [1.807, 2.05) is 6.07 Å². The van der Waals surface area contributed by atoms with Crippen LogP contribution < -0.4 is 4.90 Å². The number of hydrogen-bond acceptors (Lipinski definition) is 2. The van der Waals surface area contributed by atoms with E-state index in [2.05, 4.69) is 282 Å². The minimum Gasteiger partial charge on any atom is -0.454 e. The standard InChI is InChI=1S/C72H46N2O/c1-3-14-47(15-4-1)49-26-28-51(29-27-49)53-34-42-68-66(44-53)67-45-54(35-43-69(67)74(68)56-38-30-50(31-39-56)48-16-5-2-6-17-48)52-32-36-55(37-33-52)73(70-24-13-23-64-63-22-11-12-25-71(63)75-72(64)70)57-40-41-62-60-20-8-7-18-58(60)59-19-9-10-21-61(59)65(62)46-57/h1-46H. The second-order valence-electron chi connectivity index (χ2n) is 19.6. The molecule has 0 bridgehead atoms. The van der Waals surface area contributed by atoms with E-state index in [0.717, 1.165) is 61.3 Å². The Balaban J connectivity index is 0.874. The van der Waals surface area contributed by atoms with Crippen LogP contribution in [0.15, 0.2) is 283 Å². The van der Waals surface area contributed by atoms with Gasteiger partial charge >= 0.3 is 0 Å². The molecule has 3 heteroatoms. The average Bonchev–Trinajstić information content (AvgIpc) is 4.07. The molecule has 0 amide bonds. The number of nitrogens with zero attached hydrogens (tertiary/aromatic N) is 2. The Hall–Kier alpha value is -9.96. The van der Waals surface area contributed by atoms with Gasteiger partial charge in [-0.25, -0.2) is 0 Å². The number of hydrogen-bond donors (Lipinski definition) is 0. The van der Waals surface area contributed by atoms with Crippen molar-refractivity contribution in [2.45, 2.75) is 0 Å². The summed E-state index contributed by atoms with van der Waals surface area (Å²) in [6.07, 6.45) is 0. The first-order valence-electron chi connectivity index (χ1n) is 25.7. The maximum atomic E-state index is 6.77. The van der Waals surface area contributed by atoms with Crippen molar-refractivity contribution >= 4 is 93.1 Å². The third-order valence-corrected chi connectivity index (χ3v) is 15.4. The van der Waals surface area contributed by atoms with Gasteiger partial charge in [0.25, 0.3) is 0 Å². The van der Waals surface area contributed by atoms with Gasteiger partial charge < -0.3 is 13.9 Å². The fraction of sp³-hybridized carbons (Fsp3) is 0. The fourth-order valence-electron chi connectivity index (χ4n) is 11.8. The number of aromatic nitrogens is 1. The molecule has 0 saturated carbocycles. The minimum absolute atomic E-state index is 0.856. The van der Waals surface area contributed by atoms with Crippen molar-refractivity contribution in [3.8, 4) is 50.2 Å². The monoisotopic (exact) mass is 954 g/mol. The number of furan rings is 1. The van der Waals surface area contributed by atoms with E-state index in [4.69, 9.17) is 4.42 Å². The van der Waals surface area contributed by atoms with Crippen molar-refractivity contribution in [2.75, 3.05) is 4.90 Å². The molecule has 0 N–H and O–H groups in total. The smallest absolute Gasteiger partial charge is 0.159 e. The molecule has 0 aliphatic rings. The molecule has 0 unspecified atom stereocenters. The summed E-state index contributed by atoms with van der Waals surface area (Å²) in [4.78, 5) is 2.37. The Kier molecular flexibility index (Phi) is 9.89. The van der Waals surface area contributed by atoms with E-state index in [1.54, 1.807) is 0 Å². The van der Waals surface area contributed by atoms with Gasteiger partial charge in [0.1, 0.15) is 5.58 Å². The Morgan fingerprint density at radius 1 is 0.253 bits per heavy atom. The quantitative estimate of drug-likeness (QED) is 0.142. The highest BCUT2D eigenvalue weighted by atomic mass is 16.3. The highest BCUT2D eigenvalue weighted by Crippen LogP contribution is 2.46. The molecule has 0 aliphatic heterocycles. The van der Waals surface area contributed by atoms with Gasteiger partial charge in [-0.2, -0.15) is 0 Å². The second kappa shape index (κ2) is 17.4. The molecule has 15 aromatic rings. The number of benzene rings is 13. The van der Waals surface area contributed by atoms with Crippen LogP contribution in [0.1, 0.15) is 0 Å². The van der Waals surface area contributed by atoms with Crippen molar-refractivity contribution < 1.29 is 4.42 Å². The molecule has 0 saturated heterocycles. The number of fused-ring (bicyclic) bond motifs is 12. The van der Waals surface area contributed by atoms with Crippen molar-refractivity contribution in [3.05, 3.63) is 279 Å². The molecule has 0 aliphatic carbocycles. The predicted molar refractivity (Wildman–Crippen MR) is 317 cm³/mol. The van der Waals surface area contributed by atoms with E-state index in [0.29, 0.717) is 0 Å². The zero-order chi connectivity index (χ0) is 49.4. The summed E-state index contributed by atoms with van der Waals surface area (Å²) in [5, 5.41) is 12.1. The lowest BCUT2D eigenvalue weighted by atomic mass is 9.94. The summed E-state index contributed by atoms with van der Waals surface area (Å²) in [7, 11) is 0. The summed E-state index contributed by atoms with van der Waals surface area (Å²) in [6, 6.07) is 101. The highest BCUT2D eigenvalue weighted by Gasteiger charge is 2.22. The van der Waals surface area contributed by atoms with E-state index in [9.17, 15) is 0 Å². The SMILES string of the molecule is c1ccc(-c2ccc(-c3ccc4c(c3)c3cc(-c5ccc(N(c6ccc7c8ccccc8c8ccccc8c7c6)c6cccc7c6oc6ccccc67)cc5)ccc3n4-c3ccc(-c4ccccc4)cc3)cc2)cc1. The molecule has 2 heterocycles. The van der Waals surface area contributed by atoms with Gasteiger partial charge in [-0.1, -0.05) is 206 Å². The summed E-state index contributed by atoms with van der Waals surface area (Å²) >= 11 is 0. The molecule has 350 valence electrons. The van der Waals surface area contributed by atoms with Gasteiger partial charge in [-0.15, -0.1) is 0 Å². The molecular weight excluding hydrogens is 909 g/mol. The third kappa shape index (κ3) is 7.12.